The molecule has 0 bridgehead atoms. The first-order chi connectivity index (χ1) is 11.5. The van der Waals surface area contributed by atoms with Crippen molar-refractivity contribution in [2.75, 3.05) is 25.5 Å². The van der Waals surface area contributed by atoms with Gasteiger partial charge >= 0.3 is 0 Å². The fourth-order valence-corrected chi connectivity index (χ4v) is 3.03. The van der Waals surface area contributed by atoms with Gasteiger partial charge in [0.05, 0.1) is 12.1 Å². The van der Waals surface area contributed by atoms with Gasteiger partial charge in [-0.1, -0.05) is 12.1 Å². The molecule has 1 N–H and O–H groups in total. The van der Waals surface area contributed by atoms with E-state index >= 15 is 0 Å². The lowest BCUT2D eigenvalue weighted by molar-refractivity contribution is 0.0709. The molecule has 1 aliphatic heterocycles. The molecule has 1 saturated heterocycles. The summed E-state index contributed by atoms with van der Waals surface area (Å²) in [5, 5.41) is 10.0. The number of aliphatic hydroxyl groups is 1. The number of anilines is 1. The maximum absolute atomic E-state index is 13.5. The molecule has 0 unspecified atom stereocenters. The van der Waals surface area contributed by atoms with Crippen molar-refractivity contribution in [2.45, 2.75) is 18.6 Å². The summed E-state index contributed by atoms with van der Waals surface area (Å²) in [5.74, 6) is -0.612. The summed E-state index contributed by atoms with van der Waals surface area (Å²) < 4.78 is 13.5. The molecule has 2 atom stereocenters. The number of benzene rings is 1. The van der Waals surface area contributed by atoms with E-state index in [2.05, 4.69) is 4.98 Å². The molecular formula is C18H20FN3O2. The monoisotopic (exact) mass is 329 g/mol. The van der Waals surface area contributed by atoms with Gasteiger partial charge in [-0.2, -0.15) is 0 Å². The summed E-state index contributed by atoms with van der Waals surface area (Å²) in [6.45, 7) is 0.216. The lowest BCUT2D eigenvalue weighted by Crippen LogP contribution is -2.32. The van der Waals surface area contributed by atoms with Gasteiger partial charge in [0.2, 0.25) is 0 Å². The van der Waals surface area contributed by atoms with E-state index in [1.54, 1.807) is 29.3 Å². The molecule has 0 aliphatic carbocycles. The first kappa shape index (κ1) is 16.4. The number of nitrogens with zero attached hydrogens (tertiary/aromatic N) is 3. The zero-order chi connectivity index (χ0) is 17.3. The van der Waals surface area contributed by atoms with Gasteiger partial charge in [0.15, 0.2) is 0 Å². The molecule has 1 fully saturated rings. The van der Waals surface area contributed by atoms with Crippen molar-refractivity contribution in [3.63, 3.8) is 0 Å². The van der Waals surface area contributed by atoms with Crippen molar-refractivity contribution >= 4 is 11.6 Å². The van der Waals surface area contributed by atoms with Crippen LogP contribution in [0.3, 0.4) is 0 Å². The molecule has 0 radical (unpaired) electrons. The Labute approximate surface area is 140 Å². The number of amides is 1. The Hall–Kier alpha value is -2.47. The van der Waals surface area contributed by atoms with Crippen LogP contribution in [-0.4, -0.2) is 47.6 Å². The van der Waals surface area contributed by atoms with Crippen LogP contribution in [0.5, 0.6) is 0 Å². The Balaban J connectivity index is 1.91. The fraction of sp³-hybridized carbons (Fsp3) is 0.333. The molecule has 2 heterocycles. The summed E-state index contributed by atoms with van der Waals surface area (Å²) in [4.78, 5) is 20.5. The minimum absolute atomic E-state index is 0.216. The highest BCUT2D eigenvalue weighted by atomic mass is 19.1. The number of likely N-dealkylation sites (tertiary alicyclic amines) is 1. The third kappa shape index (κ3) is 3.23. The Morgan fingerprint density at radius 2 is 2.12 bits per heavy atom. The predicted molar refractivity (Wildman–Crippen MR) is 89.4 cm³/mol. The van der Waals surface area contributed by atoms with Gasteiger partial charge in [-0.3, -0.25) is 9.78 Å². The van der Waals surface area contributed by atoms with Crippen LogP contribution in [0.25, 0.3) is 0 Å². The molecule has 126 valence electrons. The third-order valence-corrected chi connectivity index (χ3v) is 4.25. The molecule has 1 aromatic heterocycles. The number of pyridine rings is 1. The van der Waals surface area contributed by atoms with E-state index < -0.39 is 6.10 Å². The summed E-state index contributed by atoms with van der Waals surface area (Å²) in [5.41, 5.74) is 1.87. The number of carbonyl (C=O) groups is 1. The predicted octanol–water partition coefficient (Wildman–Crippen LogP) is 2.23. The Morgan fingerprint density at radius 1 is 1.33 bits per heavy atom. The van der Waals surface area contributed by atoms with Crippen molar-refractivity contribution in [3.8, 4) is 0 Å². The number of β-amino-alcohol motifs (C(OH)–C–C–N with tert-alkyl or cyclic N) is 1. The van der Waals surface area contributed by atoms with Gasteiger partial charge in [0.25, 0.3) is 5.91 Å². The molecule has 24 heavy (non-hydrogen) atoms. The van der Waals surface area contributed by atoms with Crippen molar-refractivity contribution in [1.29, 1.82) is 0 Å². The summed E-state index contributed by atoms with van der Waals surface area (Å²) in [7, 11) is 3.78. The van der Waals surface area contributed by atoms with E-state index in [9.17, 15) is 14.3 Å². The Morgan fingerprint density at radius 3 is 2.83 bits per heavy atom. The number of halogens is 1. The fourth-order valence-electron chi connectivity index (χ4n) is 3.03. The average molecular weight is 329 g/mol. The molecule has 3 rings (SSSR count). The molecule has 0 saturated carbocycles. The maximum Gasteiger partial charge on any atom is 0.273 e. The highest BCUT2D eigenvalue weighted by Gasteiger charge is 2.36. The van der Waals surface area contributed by atoms with E-state index in [4.69, 9.17) is 0 Å². The average Bonchev–Trinajstić information content (AvgIpc) is 2.96. The highest BCUT2D eigenvalue weighted by Crippen LogP contribution is 2.33. The Kier molecular flexibility index (Phi) is 4.49. The van der Waals surface area contributed by atoms with E-state index in [-0.39, 0.29) is 24.3 Å². The SMILES string of the molecule is CN(C)c1ccnc(C(=O)N2C[C@@H](O)C[C@H]2c2cccc(F)c2)c1. The van der Waals surface area contributed by atoms with E-state index in [0.717, 1.165) is 5.69 Å². The summed E-state index contributed by atoms with van der Waals surface area (Å²) >= 11 is 0. The highest BCUT2D eigenvalue weighted by molar-refractivity contribution is 5.93. The van der Waals surface area contributed by atoms with Crippen LogP contribution >= 0.6 is 0 Å². The second kappa shape index (κ2) is 6.57. The number of rotatable bonds is 3. The lowest BCUT2D eigenvalue weighted by Gasteiger charge is -2.25. The second-order valence-corrected chi connectivity index (χ2v) is 6.21. The van der Waals surface area contributed by atoms with Crippen molar-refractivity contribution in [1.82, 2.24) is 9.88 Å². The molecule has 0 spiro atoms. The molecule has 2 aromatic rings. The van der Waals surface area contributed by atoms with Crippen LogP contribution in [0.15, 0.2) is 42.6 Å². The summed E-state index contributed by atoms with van der Waals surface area (Å²) in [6.07, 6.45) is 1.36. The summed E-state index contributed by atoms with van der Waals surface area (Å²) in [6, 6.07) is 9.34. The van der Waals surface area contributed by atoms with Gasteiger partial charge in [-0.25, -0.2) is 4.39 Å². The zero-order valence-electron chi connectivity index (χ0n) is 13.7. The minimum atomic E-state index is -0.626. The van der Waals surface area contributed by atoms with Crippen LogP contribution in [0.1, 0.15) is 28.5 Å². The minimum Gasteiger partial charge on any atom is -0.391 e. The van der Waals surface area contributed by atoms with Gasteiger partial charge in [0.1, 0.15) is 11.5 Å². The van der Waals surface area contributed by atoms with Crippen LogP contribution in [0.4, 0.5) is 10.1 Å². The van der Waals surface area contributed by atoms with E-state index in [1.165, 1.54) is 12.1 Å². The van der Waals surface area contributed by atoms with Crippen molar-refractivity contribution in [2.24, 2.45) is 0 Å². The number of aromatic nitrogens is 1. The largest absolute Gasteiger partial charge is 0.391 e. The molecule has 5 nitrogen and oxygen atoms in total. The van der Waals surface area contributed by atoms with Gasteiger partial charge in [0, 0.05) is 32.5 Å². The van der Waals surface area contributed by atoms with Gasteiger partial charge < -0.3 is 14.9 Å². The Bertz CT molecular complexity index is 751. The van der Waals surface area contributed by atoms with Gasteiger partial charge in [-0.15, -0.1) is 0 Å². The number of hydrogen-bond donors (Lipinski definition) is 1. The van der Waals surface area contributed by atoms with Crippen molar-refractivity contribution < 1.29 is 14.3 Å². The van der Waals surface area contributed by atoms with Crippen LogP contribution in [-0.2, 0) is 0 Å². The molecule has 1 aliphatic rings. The second-order valence-electron chi connectivity index (χ2n) is 6.21. The van der Waals surface area contributed by atoms with Crippen LogP contribution in [0, 0.1) is 5.82 Å². The van der Waals surface area contributed by atoms with Gasteiger partial charge in [-0.05, 0) is 36.2 Å². The number of carbonyl (C=O) groups excluding carboxylic acids is 1. The molecule has 1 amide bonds. The van der Waals surface area contributed by atoms with Crippen LogP contribution < -0.4 is 4.90 Å². The number of hydrogen-bond acceptors (Lipinski definition) is 4. The lowest BCUT2D eigenvalue weighted by atomic mass is 10.0. The van der Waals surface area contributed by atoms with E-state index in [0.29, 0.717) is 17.7 Å². The quantitative estimate of drug-likeness (QED) is 0.938. The van der Waals surface area contributed by atoms with Crippen LogP contribution in [0.2, 0.25) is 0 Å². The smallest absolute Gasteiger partial charge is 0.273 e. The van der Waals surface area contributed by atoms with E-state index in [1.807, 2.05) is 25.1 Å². The molecule has 6 heteroatoms. The standard InChI is InChI=1S/C18H20FN3O2/c1-21(2)14-6-7-20-16(9-14)18(24)22-11-15(23)10-17(22)12-4-3-5-13(19)8-12/h3-9,15,17,23H,10-11H2,1-2H3/t15-,17-/m0/s1. The topological polar surface area (TPSA) is 56.7 Å². The normalized spacial score (nSPS) is 20.2. The zero-order valence-corrected chi connectivity index (χ0v) is 13.7. The number of aliphatic hydroxyl groups excluding tert-OH is 1. The molecular weight excluding hydrogens is 309 g/mol. The first-order valence-corrected chi connectivity index (χ1v) is 7.83. The molecule has 1 aromatic carbocycles. The first-order valence-electron chi connectivity index (χ1n) is 7.83. The third-order valence-electron chi connectivity index (χ3n) is 4.25. The maximum atomic E-state index is 13.5. The van der Waals surface area contributed by atoms with Crippen molar-refractivity contribution in [3.05, 3.63) is 59.7 Å².